The number of methoxy groups -OCH3 is 1. The standard InChI is InChI=1S/C30H28N4O6/c1-38-25-15-13-24(14-16-25)34-26(30(37)40-32-34)20-33-17-18-39-27(29(33)36)19-28(35)31-23-11-9-22(10-12-23)8-7-21-5-3-2-4-6-21/h2-16,27H,17-20H2,1H3,(H-,31,32,35,37)/b8-7+. The lowest BCUT2D eigenvalue weighted by Crippen LogP contribution is -2.50. The zero-order chi connectivity index (χ0) is 27.9. The molecule has 0 bridgehead atoms. The molecule has 10 heteroatoms. The fourth-order valence-corrected chi connectivity index (χ4v) is 4.31. The van der Waals surface area contributed by atoms with E-state index in [-0.39, 0.29) is 43.6 Å². The third-order valence-electron chi connectivity index (χ3n) is 6.45. The van der Waals surface area contributed by atoms with Crippen LogP contribution in [0.15, 0.2) is 83.4 Å². The first kappa shape index (κ1) is 26.6. The molecule has 1 unspecified atom stereocenters. The summed E-state index contributed by atoms with van der Waals surface area (Å²) in [6.07, 6.45) is 2.88. The lowest BCUT2D eigenvalue weighted by atomic mass is 10.1. The average molecular weight is 541 g/mol. The van der Waals surface area contributed by atoms with Gasteiger partial charge in [0.1, 0.15) is 18.4 Å². The Morgan fingerprint density at radius 3 is 2.48 bits per heavy atom. The molecule has 1 saturated heterocycles. The van der Waals surface area contributed by atoms with Gasteiger partial charge in [0.25, 0.3) is 11.6 Å². The predicted molar refractivity (Wildman–Crippen MR) is 144 cm³/mol. The van der Waals surface area contributed by atoms with Crippen molar-refractivity contribution in [3.05, 3.63) is 95.7 Å². The molecule has 1 fully saturated rings. The number of ether oxygens (including phenoxy) is 2. The van der Waals surface area contributed by atoms with Gasteiger partial charge >= 0.3 is 0 Å². The minimum atomic E-state index is -0.966. The first-order chi connectivity index (χ1) is 19.5. The van der Waals surface area contributed by atoms with Crippen LogP contribution >= 0.6 is 0 Å². The molecule has 4 aromatic rings. The Morgan fingerprint density at radius 1 is 1.07 bits per heavy atom. The smallest absolute Gasteiger partial charge is 0.259 e. The van der Waals surface area contributed by atoms with Gasteiger partial charge in [-0.05, 0) is 40.1 Å². The molecular weight excluding hydrogens is 512 g/mol. The Balaban J connectivity index is 1.19. The summed E-state index contributed by atoms with van der Waals surface area (Å²) in [5.74, 6) is -0.733. The summed E-state index contributed by atoms with van der Waals surface area (Å²) in [4.78, 5) is 27.4. The third kappa shape index (κ3) is 6.36. The number of aromatic nitrogens is 2. The quantitative estimate of drug-likeness (QED) is 0.256. The number of benzene rings is 3. The largest absolute Gasteiger partial charge is 0.539 e. The molecule has 10 nitrogen and oxygen atoms in total. The van der Waals surface area contributed by atoms with Gasteiger partial charge in [-0.3, -0.25) is 9.59 Å². The molecule has 204 valence electrons. The number of rotatable bonds is 9. The summed E-state index contributed by atoms with van der Waals surface area (Å²) < 4.78 is 17.0. The number of morpholine rings is 1. The zero-order valence-electron chi connectivity index (χ0n) is 21.9. The molecule has 0 spiro atoms. The molecule has 1 N–H and O–H groups in total. The van der Waals surface area contributed by atoms with Crippen molar-refractivity contribution in [3.63, 3.8) is 0 Å². The molecule has 1 aliphatic heterocycles. The van der Waals surface area contributed by atoms with Crippen LogP contribution in [0.5, 0.6) is 11.7 Å². The van der Waals surface area contributed by atoms with Gasteiger partial charge < -0.3 is 29.3 Å². The van der Waals surface area contributed by atoms with E-state index in [9.17, 15) is 14.7 Å². The number of amides is 2. The van der Waals surface area contributed by atoms with Gasteiger partial charge in [0.2, 0.25) is 11.6 Å². The van der Waals surface area contributed by atoms with Gasteiger partial charge in [0.05, 0.1) is 25.4 Å². The van der Waals surface area contributed by atoms with Crippen molar-refractivity contribution in [2.75, 3.05) is 25.6 Å². The number of carbonyl (C=O) groups excluding carboxylic acids is 2. The lowest BCUT2D eigenvalue weighted by Gasteiger charge is -2.31. The topological polar surface area (TPSA) is 121 Å². The van der Waals surface area contributed by atoms with Crippen LogP contribution in [0.25, 0.3) is 17.8 Å². The van der Waals surface area contributed by atoms with E-state index in [0.717, 1.165) is 11.1 Å². The average Bonchev–Trinajstić information content (AvgIpc) is 3.35. The van der Waals surface area contributed by atoms with Gasteiger partial charge in [0.15, 0.2) is 5.95 Å². The van der Waals surface area contributed by atoms with Crippen molar-refractivity contribution < 1.29 is 33.4 Å². The summed E-state index contributed by atoms with van der Waals surface area (Å²) >= 11 is 0. The summed E-state index contributed by atoms with van der Waals surface area (Å²) in [6, 6.07) is 24.3. The summed E-state index contributed by atoms with van der Waals surface area (Å²) in [5, 5.41) is 19.1. The highest BCUT2D eigenvalue weighted by Gasteiger charge is 2.34. The Bertz CT molecular complexity index is 1480. The Labute approximate surface area is 231 Å². The molecule has 1 aliphatic rings. The minimum Gasteiger partial charge on any atom is -0.539 e. The van der Waals surface area contributed by atoms with E-state index in [1.54, 1.807) is 43.5 Å². The molecular formula is C30H28N4O6. The Morgan fingerprint density at radius 2 is 1.77 bits per heavy atom. The van der Waals surface area contributed by atoms with Crippen LogP contribution in [0.1, 0.15) is 23.2 Å². The number of hydrogen-bond donors (Lipinski definition) is 1. The fraction of sp³-hybridized carbons (Fsp3) is 0.200. The van der Waals surface area contributed by atoms with Crippen LogP contribution in [0.4, 0.5) is 5.69 Å². The highest BCUT2D eigenvalue weighted by Crippen LogP contribution is 2.20. The summed E-state index contributed by atoms with van der Waals surface area (Å²) in [5.41, 5.74) is 3.46. The number of carbonyl (C=O) groups is 2. The Hall–Kier alpha value is -4.96. The van der Waals surface area contributed by atoms with Gasteiger partial charge in [-0.15, -0.1) is 0 Å². The SMILES string of the molecule is COc1ccc(-[n+]2noc([O-])c2CN2CCOC(CC(=O)Nc3ccc(/C=C/c4ccccc4)cc3)C2=O)cc1. The molecule has 2 heterocycles. The molecule has 0 saturated carbocycles. The maximum atomic E-state index is 13.2. The second-order valence-electron chi connectivity index (χ2n) is 9.15. The first-order valence-electron chi connectivity index (χ1n) is 12.8. The van der Waals surface area contributed by atoms with Crippen molar-refractivity contribution >= 4 is 29.7 Å². The predicted octanol–water partition coefficient (Wildman–Crippen LogP) is 2.96. The number of anilines is 1. The molecule has 3 aromatic carbocycles. The molecule has 1 aromatic heterocycles. The second kappa shape index (κ2) is 12.3. The van der Waals surface area contributed by atoms with Crippen LogP contribution < -0.4 is 19.8 Å². The molecule has 2 amide bonds. The number of hydrogen-bond acceptors (Lipinski definition) is 7. The minimum absolute atomic E-state index is 0.0351. The van der Waals surface area contributed by atoms with Crippen molar-refractivity contribution in [3.8, 4) is 17.4 Å². The van der Waals surface area contributed by atoms with Gasteiger partial charge in [-0.1, -0.05) is 54.6 Å². The fourth-order valence-electron chi connectivity index (χ4n) is 4.31. The van der Waals surface area contributed by atoms with Crippen LogP contribution in [-0.4, -0.2) is 48.4 Å². The zero-order valence-corrected chi connectivity index (χ0v) is 21.9. The van der Waals surface area contributed by atoms with E-state index >= 15 is 0 Å². The lowest BCUT2D eigenvalue weighted by molar-refractivity contribution is -0.678. The summed E-state index contributed by atoms with van der Waals surface area (Å²) in [6.45, 7) is 0.461. The maximum absolute atomic E-state index is 13.2. The molecule has 5 rings (SSSR count). The summed E-state index contributed by atoms with van der Waals surface area (Å²) in [7, 11) is 1.56. The molecule has 0 aliphatic carbocycles. The monoisotopic (exact) mass is 540 g/mol. The van der Waals surface area contributed by atoms with Crippen molar-refractivity contribution in [1.82, 2.24) is 10.2 Å². The van der Waals surface area contributed by atoms with Gasteiger partial charge in [-0.2, -0.15) is 0 Å². The van der Waals surface area contributed by atoms with Crippen LogP contribution in [-0.2, 0) is 20.9 Å². The van der Waals surface area contributed by atoms with E-state index < -0.39 is 12.1 Å². The highest BCUT2D eigenvalue weighted by atomic mass is 16.6. The normalized spacial score (nSPS) is 15.4. The molecule has 40 heavy (non-hydrogen) atoms. The van der Waals surface area contributed by atoms with E-state index in [2.05, 4.69) is 10.6 Å². The molecule has 1 atom stereocenters. The van der Waals surface area contributed by atoms with Crippen LogP contribution in [0, 0.1) is 0 Å². The van der Waals surface area contributed by atoms with Crippen molar-refractivity contribution in [2.45, 2.75) is 19.1 Å². The van der Waals surface area contributed by atoms with E-state index in [0.29, 0.717) is 17.1 Å². The van der Waals surface area contributed by atoms with E-state index in [4.69, 9.17) is 14.0 Å². The maximum Gasteiger partial charge on any atom is 0.259 e. The van der Waals surface area contributed by atoms with Gasteiger partial charge in [0, 0.05) is 24.4 Å². The molecule has 0 radical (unpaired) electrons. The van der Waals surface area contributed by atoms with E-state index in [1.807, 2.05) is 54.6 Å². The Kier molecular flexibility index (Phi) is 8.17. The van der Waals surface area contributed by atoms with E-state index in [1.165, 1.54) is 9.58 Å². The van der Waals surface area contributed by atoms with Crippen molar-refractivity contribution in [1.29, 1.82) is 0 Å². The van der Waals surface area contributed by atoms with Crippen LogP contribution in [0.2, 0.25) is 0 Å². The number of nitrogens with one attached hydrogen (secondary N) is 1. The van der Waals surface area contributed by atoms with Crippen molar-refractivity contribution in [2.24, 2.45) is 0 Å². The van der Waals surface area contributed by atoms with Crippen LogP contribution in [0.3, 0.4) is 0 Å². The third-order valence-corrected chi connectivity index (χ3v) is 6.45. The van der Waals surface area contributed by atoms with Gasteiger partial charge in [-0.25, -0.2) is 0 Å². The second-order valence-corrected chi connectivity index (χ2v) is 9.15. The number of nitrogens with zero attached hydrogens (tertiary/aromatic N) is 3. The first-order valence-corrected chi connectivity index (χ1v) is 12.8. The highest BCUT2D eigenvalue weighted by molar-refractivity contribution is 5.95.